The fraction of sp³-hybridized carbons (Fsp3) is 0.647. The molecule has 0 spiro atoms. The molecule has 1 aromatic carbocycles. The number of ether oxygens (including phenoxy) is 1. The van der Waals surface area contributed by atoms with Crippen LogP contribution in [-0.4, -0.2) is 6.10 Å². The molecule has 0 aromatic heterocycles. The molecular formula is C17H21F5O. The van der Waals surface area contributed by atoms with Gasteiger partial charge in [0.2, 0.25) is 0 Å². The van der Waals surface area contributed by atoms with Crippen LogP contribution in [0.25, 0.3) is 0 Å². The summed E-state index contributed by atoms with van der Waals surface area (Å²) in [6.07, 6.45) is -4.86. The minimum Gasteiger partial charge on any atom is -0.370 e. The van der Waals surface area contributed by atoms with Gasteiger partial charge in [-0.05, 0) is 41.9 Å². The monoisotopic (exact) mass is 336 g/mol. The van der Waals surface area contributed by atoms with E-state index < -0.39 is 29.5 Å². The summed E-state index contributed by atoms with van der Waals surface area (Å²) in [6, 6.07) is 0.835. The highest BCUT2D eigenvalue weighted by Crippen LogP contribution is 2.44. The molecule has 0 aliphatic carbocycles. The normalized spacial score (nSPS) is 24.0. The quantitative estimate of drug-likeness (QED) is 0.612. The molecule has 0 radical (unpaired) electrons. The largest absolute Gasteiger partial charge is 0.416 e. The predicted molar refractivity (Wildman–Crippen MR) is 76.8 cm³/mol. The average molecular weight is 336 g/mol. The Bertz CT molecular complexity index is 574. The number of benzene rings is 1. The summed E-state index contributed by atoms with van der Waals surface area (Å²) < 4.78 is 71.8. The molecule has 0 N–H and O–H groups in total. The van der Waals surface area contributed by atoms with Crippen LogP contribution in [0.1, 0.15) is 57.8 Å². The summed E-state index contributed by atoms with van der Waals surface area (Å²) in [6.45, 7) is 8.09. The van der Waals surface area contributed by atoms with Crippen molar-refractivity contribution in [1.82, 2.24) is 0 Å². The second kappa shape index (κ2) is 6.04. The predicted octanol–water partition coefficient (Wildman–Crippen LogP) is 5.89. The minimum absolute atomic E-state index is 0.0551. The van der Waals surface area contributed by atoms with Crippen LogP contribution in [0.15, 0.2) is 12.1 Å². The molecule has 1 aliphatic rings. The highest BCUT2D eigenvalue weighted by molar-refractivity contribution is 5.33. The van der Waals surface area contributed by atoms with E-state index in [1.807, 2.05) is 27.7 Å². The molecule has 0 saturated carbocycles. The van der Waals surface area contributed by atoms with Gasteiger partial charge in [0.25, 0.3) is 0 Å². The van der Waals surface area contributed by atoms with Crippen molar-refractivity contribution >= 4 is 0 Å². The van der Waals surface area contributed by atoms with Gasteiger partial charge in [0.05, 0.1) is 17.8 Å². The van der Waals surface area contributed by atoms with Crippen LogP contribution in [0, 0.1) is 23.0 Å². The number of hydrogen-bond donors (Lipinski definition) is 0. The standard InChI is InChI=1S/C17H21F5O/c1-9(16(2,3)4)14-5-6-15(23-14)10-7-12(18)13(19)8-11(10)17(20,21)22/h7-9,14-15H,5-6H2,1-4H3/t9-,14-,15+/m0/s1. The molecule has 1 nitrogen and oxygen atoms in total. The molecule has 0 bridgehead atoms. The highest BCUT2D eigenvalue weighted by Gasteiger charge is 2.41. The van der Waals surface area contributed by atoms with Gasteiger partial charge in [-0.2, -0.15) is 13.2 Å². The molecule has 1 aliphatic heterocycles. The van der Waals surface area contributed by atoms with Crippen LogP contribution < -0.4 is 0 Å². The van der Waals surface area contributed by atoms with Gasteiger partial charge >= 0.3 is 6.18 Å². The lowest BCUT2D eigenvalue weighted by Gasteiger charge is -2.32. The highest BCUT2D eigenvalue weighted by atomic mass is 19.4. The van der Waals surface area contributed by atoms with Crippen LogP contribution in [-0.2, 0) is 10.9 Å². The maximum absolute atomic E-state index is 13.4. The van der Waals surface area contributed by atoms with Gasteiger partial charge in [-0.3, -0.25) is 0 Å². The van der Waals surface area contributed by atoms with Crippen LogP contribution in [0.3, 0.4) is 0 Å². The Labute approximate surface area is 132 Å². The topological polar surface area (TPSA) is 9.23 Å². The third-order valence-corrected chi connectivity index (χ3v) is 4.72. The van der Waals surface area contributed by atoms with Gasteiger partial charge in [-0.1, -0.05) is 27.7 Å². The van der Waals surface area contributed by atoms with E-state index in [4.69, 9.17) is 4.74 Å². The molecule has 2 rings (SSSR count). The lowest BCUT2D eigenvalue weighted by atomic mass is 9.78. The Balaban J connectivity index is 2.32. The first-order chi connectivity index (χ1) is 10.4. The third kappa shape index (κ3) is 3.84. The molecule has 1 heterocycles. The Morgan fingerprint density at radius 2 is 1.61 bits per heavy atom. The summed E-state index contributed by atoms with van der Waals surface area (Å²) >= 11 is 0. The van der Waals surface area contributed by atoms with Gasteiger partial charge < -0.3 is 4.74 Å². The number of rotatable bonds is 2. The number of halogens is 5. The SMILES string of the molecule is C[C@@H]([C@@H]1CC[C@H](c2cc(F)c(F)cc2C(F)(F)F)O1)C(C)(C)C. The second-order valence-corrected chi connectivity index (χ2v) is 7.25. The van der Waals surface area contributed by atoms with Crippen LogP contribution in [0.5, 0.6) is 0 Å². The molecule has 3 atom stereocenters. The molecule has 23 heavy (non-hydrogen) atoms. The van der Waals surface area contributed by atoms with Crippen molar-refractivity contribution in [2.45, 2.75) is 58.9 Å². The average Bonchev–Trinajstić information content (AvgIpc) is 2.87. The molecule has 1 fully saturated rings. The van der Waals surface area contributed by atoms with Crippen LogP contribution in [0.4, 0.5) is 22.0 Å². The molecule has 0 unspecified atom stereocenters. The van der Waals surface area contributed by atoms with Gasteiger partial charge in [0.15, 0.2) is 11.6 Å². The summed E-state index contributed by atoms with van der Waals surface area (Å²) in [5.41, 5.74) is -1.54. The summed E-state index contributed by atoms with van der Waals surface area (Å²) in [5, 5.41) is 0. The maximum Gasteiger partial charge on any atom is 0.416 e. The van der Waals surface area contributed by atoms with E-state index in [0.29, 0.717) is 18.9 Å². The van der Waals surface area contributed by atoms with E-state index in [2.05, 4.69) is 0 Å². The molecule has 6 heteroatoms. The van der Waals surface area contributed by atoms with Crippen molar-refractivity contribution in [3.8, 4) is 0 Å². The third-order valence-electron chi connectivity index (χ3n) is 4.72. The van der Waals surface area contributed by atoms with Gasteiger partial charge in [0, 0.05) is 0 Å². The van der Waals surface area contributed by atoms with Crippen molar-refractivity contribution < 1.29 is 26.7 Å². The fourth-order valence-corrected chi connectivity index (χ4v) is 2.89. The van der Waals surface area contributed by atoms with E-state index >= 15 is 0 Å². The van der Waals surface area contributed by atoms with Crippen molar-refractivity contribution in [3.05, 3.63) is 34.9 Å². The van der Waals surface area contributed by atoms with Gasteiger partial charge in [-0.15, -0.1) is 0 Å². The molecule has 1 saturated heterocycles. The zero-order chi connectivity index (χ0) is 17.6. The minimum atomic E-state index is -4.75. The Kier molecular flexibility index (Phi) is 4.77. The van der Waals surface area contributed by atoms with E-state index in [1.54, 1.807) is 0 Å². The fourth-order valence-electron chi connectivity index (χ4n) is 2.89. The second-order valence-electron chi connectivity index (χ2n) is 7.25. The van der Waals surface area contributed by atoms with E-state index in [9.17, 15) is 22.0 Å². The van der Waals surface area contributed by atoms with E-state index in [0.717, 1.165) is 0 Å². The first kappa shape index (κ1) is 18.2. The molecule has 0 amide bonds. The Hall–Kier alpha value is -1.17. The summed E-state index contributed by atoms with van der Waals surface area (Å²) in [7, 11) is 0. The molecular weight excluding hydrogens is 315 g/mol. The van der Waals surface area contributed by atoms with Gasteiger partial charge in [0.1, 0.15) is 0 Å². The lowest BCUT2D eigenvalue weighted by Crippen LogP contribution is -2.29. The van der Waals surface area contributed by atoms with Crippen molar-refractivity contribution in [2.24, 2.45) is 11.3 Å². The summed E-state index contributed by atoms with van der Waals surface area (Å²) in [4.78, 5) is 0. The number of hydrogen-bond acceptors (Lipinski definition) is 1. The zero-order valence-electron chi connectivity index (χ0n) is 13.6. The maximum atomic E-state index is 13.4. The van der Waals surface area contributed by atoms with Crippen molar-refractivity contribution in [2.75, 3.05) is 0 Å². The van der Waals surface area contributed by atoms with Crippen molar-refractivity contribution in [1.29, 1.82) is 0 Å². The lowest BCUT2D eigenvalue weighted by molar-refractivity contribution is -0.140. The van der Waals surface area contributed by atoms with Crippen molar-refractivity contribution in [3.63, 3.8) is 0 Å². The molecule has 130 valence electrons. The van der Waals surface area contributed by atoms with Gasteiger partial charge in [-0.25, -0.2) is 8.78 Å². The first-order valence-electron chi connectivity index (χ1n) is 7.63. The number of alkyl halides is 3. The summed E-state index contributed by atoms with van der Waals surface area (Å²) in [5.74, 6) is -2.66. The smallest absolute Gasteiger partial charge is 0.370 e. The van der Waals surface area contributed by atoms with Crippen LogP contribution in [0.2, 0.25) is 0 Å². The van der Waals surface area contributed by atoms with E-state index in [-0.39, 0.29) is 29.1 Å². The molecule has 1 aromatic rings. The van der Waals surface area contributed by atoms with Crippen LogP contribution >= 0.6 is 0 Å². The first-order valence-corrected chi connectivity index (χ1v) is 7.63. The Morgan fingerprint density at radius 1 is 1.04 bits per heavy atom. The zero-order valence-corrected chi connectivity index (χ0v) is 13.6. The van der Waals surface area contributed by atoms with E-state index in [1.165, 1.54) is 0 Å². The Morgan fingerprint density at radius 3 is 2.13 bits per heavy atom.